The normalized spacial score (nSPS) is 12.7. The predicted octanol–water partition coefficient (Wildman–Crippen LogP) is 5.08. The summed E-state index contributed by atoms with van der Waals surface area (Å²) < 4.78 is 0. The van der Waals surface area contributed by atoms with Crippen LogP contribution in [0, 0.1) is 0 Å². The Morgan fingerprint density at radius 1 is 1.15 bits per heavy atom. The van der Waals surface area contributed by atoms with Crippen LogP contribution in [0.1, 0.15) is 57.9 Å². The number of unbranched alkanes of at least 4 members (excludes halogenated alkanes) is 2. The number of benzene rings is 1. The van der Waals surface area contributed by atoms with E-state index in [0.717, 1.165) is 25.7 Å². The molecule has 0 radical (unpaired) electrons. The van der Waals surface area contributed by atoms with E-state index < -0.39 is 5.60 Å². The summed E-state index contributed by atoms with van der Waals surface area (Å²) in [5.41, 5.74) is -0.314. The molecule has 1 aromatic rings. The third kappa shape index (κ3) is 5.18. The molecule has 0 aliphatic carbocycles. The largest absolute Gasteiger partial charge is 0.507 e. The first-order chi connectivity index (χ1) is 9.52. The highest BCUT2D eigenvalue weighted by Crippen LogP contribution is 2.33. The maximum atomic E-state index is 10.8. The monoisotopic (exact) mass is 296 g/mol. The summed E-state index contributed by atoms with van der Waals surface area (Å²) in [7, 11) is 0. The number of halogens is 1. The van der Waals surface area contributed by atoms with E-state index in [4.69, 9.17) is 11.6 Å². The van der Waals surface area contributed by atoms with E-state index >= 15 is 0 Å². The van der Waals surface area contributed by atoms with Gasteiger partial charge in [0, 0.05) is 5.56 Å². The van der Waals surface area contributed by atoms with Crippen molar-refractivity contribution in [3.8, 4) is 5.75 Å². The van der Waals surface area contributed by atoms with Crippen LogP contribution in [-0.4, -0.2) is 15.8 Å². The Labute approximate surface area is 127 Å². The van der Waals surface area contributed by atoms with Crippen LogP contribution in [0.15, 0.2) is 30.3 Å². The second kappa shape index (κ2) is 8.33. The van der Waals surface area contributed by atoms with Crippen LogP contribution in [0.5, 0.6) is 5.75 Å². The number of aliphatic hydroxyl groups is 1. The van der Waals surface area contributed by atoms with E-state index in [1.165, 1.54) is 0 Å². The van der Waals surface area contributed by atoms with Gasteiger partial charge in [-0.2, -0.15) is 0 Å². The Hall–Kier alpha value is -0.990. The highest BCUT2D eigenvalue weighted by atomic mass is 35.5. The standard InChI is InChI=1S/C17H25ClO2/c1-3-5-11-17(20,12-6-4-2)13-15(18)14-9-7-8-10-16(14)19/h7-10,13,19-20H,3-6,11-12H2,1-2H3/b15-13+. The van der Waals surface area contributed by atoms with Crippen molar-refractivity contribution < 1.29 is 10.2 Å². The van der Waals surface area contributed by atoms with Gasteiger partial charge < -0.3 is 10.2 Å². The van der Waals surface area contributed by atoms with Gasteiger partial charge in [0.2, 0.25) is 0 Å². The molecule has 0 saturated carbocycles. The SMILES string of the molecule is CCCCC(O)(/C=C(/Cl)c1ccccc1O)CCCC. The maximum absolute atomic E-state index is 10.8. The summed E-state index contributed by atoms with van der Waals surface area (Å²) in [4.78, 5) is 0. The Morgan fingerprint density at radius 3 is 2.20 bits per heavy atom. The van der Waals surface area contributed by atoms with Gasteiger partial charge in [0.15, 0.2) is 0 Å². The summed E-state index contributed by atoms with van der Waals surface area (Å²) in [5.74, 6) is 0.141. The zero-order valence-electron chi connectivity index (χ0n) is 12.4. The van der Waals surface area contributed by atoms with Crippen molar-refractivity contribution in [2.75, 3.05) is 0 Å². The number of aromatic hydroxyl groups is 1. The molecule has 20 heavy (non-hydrogen) atoms. The van der Waals surface area contributed by atoms with E-state index in [1.54, 1.807) is 24.3 Å². The Morgan fingerprint density at radius 2 is 1.70 bits per heavy atom. The van der Waals surface area contributed by atoms with Crippen LogP contribution < -0.4 is 0 Å². The van der Waals surface area contributed by atoms with Gasteiger partial charge in [-0.05, 0) is 31.1 Å². The van der Waals surface area contributed by atoms with E-state index in [1.807, 2.05) is 6.07 Å². The van der Waals surface area contributed by atoms with E-state index in [2.05, 4.69) is 13.8 Å². The van der Waals surface area contributed by atoms with Crippen molar-refractivity contribution >= 4 is 16.6 Å². The average Bonchev–Trinajstić information content (AvgIpc) is 2.43. The summed E-state index contributed by atoms with van der Waals surface area (Å²) in [6.07, 6.45) is 7.10. The molecule has 0 heterocycles. The lowest BCUT2D eigenvalue weighted by atomic mass is 9.90. The molecule has 0 amide bonds. The first-order valence-corrected chi connectivity index (χ1v) is 7.79. The maximum Gasteiger partial charge on any atom is 0.124 e. The summed E-state index contributed by atoms with van der Waals surface area (Å²) in [6, 6.07) is 6.93. The van der Waals surface area contributed by atoms with Crippen LogP contribution >= 0.6 is 11.6 Å². The fourth-order valence-electron chi connectivity index (χ4n) is 2.22. The molecule has 0 saturated heterocycles. The second-order valence-corrected chi connectivity index (χ2v) is 5.73. The Kier molecular flexibility index (Phi) is 7.11. The Bertz CT molecular complexity index is 432. The van der Waals surface area contributed by atoms with Crippen LogP contribution in [0.4, 0.5) is 0 Å². The smallest absolute Gasteiger partial charge is 0.124 e. The molecule has 2 nitrogen and oxygen atoms in total. The quantitative estimate of drug-likeness (QED) is 0.702. The lowest BCUT2D eigenvalue weighted by Gasteiger charge is -2.25. The lowest BCUT2D eigenvalue weighted by Crippen LogP contribution is -2.26. The van der Waals surface area contributed by atoms with Gasteiger partial charge in [-0.25, -0.2) is 0 Å². The first-order valence-electron chi connectivity index (χ1n) is 7.41. The zero-order chi connectivity index (χ0) is 15.0. The fraction of sp³-hybridized carbons (Fsp3) is 0.529. The molecule has 112 valence electrons. The van der Waals surface area contributed by atoms with Crippen LogP contribution in [0.3, 0.4) is 0 Å². The molecule has 0 aliphatic heterocycles. The van der Waals surface area contributed by atoms with Gasteiger partial charge in [-0.15, -0.1) is 0 Å². The van der Waals surface area contributed by atoms with E-state index in [0.29, 0.717) is 23.4 Å². The van der Waals surface area contributed by atoms with Crippen molar-refractivity contribution in [3.05, 3.63) is 35.9 Å². The number of phenolic OH excluding ortho intramolecular Hbond substituents is 1. The molecule has 2 N–H and O–H groups in total. The molecule has 0 atom stereocenters. The number of rotatable bonds is 8. The number of phenols is 1. The van der Waals surface area contributed by atoms with Gasteiger partial charge in [0.25, 0.3) is 0 Å². The molecule has 1 aromatic carbocycles. The zero-order valence-corrected chi connectivity index (χ0v) is 13.2. The van der Waals surface area contributed by atoms with Gasteiger partial charge in [0.1, 0.15) is 5.75 Å². The summed E-state index contributed by atoms with van der Waals surface area (Å²) in [6.45, 7) is 4.21. The number of hydrogen-bond acceptors (Lipinski definition) is 2. The third-order valence-corrected chi connectivity index (χ3v) is 3.80. The van der Waals surface area contributed by atoms with Gasteiger partial charge in [-0.1, -0.05) is 63.3 Å². The number of para-hydroxylation sites is 1. The van der Waals surface area contributed by atoms with E-state index in [9.17, 15) is 10.2 Å². The van der Waals surface area contributed by atoms with Crippen LogP contribution in [-0.2, 0) is 0 Å². The highest BCUT2D eigenvalue weighted by molar-refractivity contribution is 6.49. The first kappa shape index (κ1) is 17.1. The van der Waals surface area contributed by atoms with Crippen LogP contribution in [0.25, 0.3) is 5.03 Å². The fourth-order valence-corrected chi connectivity index (χ4v) is 2.59. The molecule has 0 bridgehead atoms. The lowest BCUT2D eigenvalue weighted by molar-refractivity contribution is 0.0680. The number of hydrogen-bond donors (Lipinski definition) is 2. The van der Waals surface area contributed by atoms with Gasteiger partial charge in [-0.3, -0.25) is 0 Å². The third-order valence-electron chi connectivity index (χ3n) is 3.48. The molecule has 0 aliphatic rings. The Balaban J connectivity index is 2.96. The van der Waals surface area contributed by atoms with Crippen molar-refractivity contribution in [2.45, 2.75) is 58.0 Å². The minimum absolute atomic E-state index is 0.141. The molecule has 3 heteroatoms. The minimum Gasteiger partial charge on any atom is -0.507 e. The topological polar surface area (TPSA) is 40.5 Å². The summed E-state index contributed by atoms with van der Waals surface area (Å²) in [5, 5.41) is 21.0. The van der Waals surface area contributed by atoms with Gasteiger partial charge in [0.05, 0.1) is 10.6 Å². The molecule has 0 aromatic heterocycles. The molecule has 1 rings (SSSR count). The van der Waals surface area contributed by atoms with Crippen molar-refractivity contribution in [1.29, 1.82) is 0 Å². The summed E-state index contributed by atoms with van der Waals surface area (Å²) >= 11 is 6.29. The molecular formula is C17H25ClO2. The predicted molar refractivity (Wildman–Crippen MR) is 85.9 cm³/mol. The van der Waals surface area contributed by atoms with Crippen LogP contribution in [0.2, 0.25) is 0 Å². The molecule has 0 spiro atoms. The van der Waals surface area contributed by atoms with Gasteiger partial charge >= 0.3 is 0 Å². The molecular weight excluding hydrogens is 272 g/mol. The second-order valence-electron chi connectivity index (χ2n) is 5.32. The average molecular weight is 297 g/mol. The highest BCUT2D eigenvalue weighted by Gasteiger charge is 2.24. The molecule has 0 fully saturated rings. The molecule has 0 unspecified atom stereocenters. The van der Waals surface area contributed by atoms with Crippen molar-refractivity contribution in [2.24, 2.45) is 0 Å². The van der Waals surface area contributed by atoms with Crippen molar-refractivity contribution in [3.63, 3.8) is 0 Å². The minimum atomic E-state index is -0.884. The van der Waals surface area contributed by atoms with E-state index in [-0.39, 0.29) is 5.75 Å². The van der Waals surface area contributed by atoms with Crippen molar-refractivity contribution in [1.82, 2.24) is 0 Å².